The van der Waals surface area contributed by atoms with Crippen molar-refractivity contribution in [3.8, 4) is 0 Å². The van der Waals surface area contributed by atoms with Crippen molar-refractivity contribution < 1.29 is 9.90 Å². The van der Waals surface area contributed by atoms with Crippen molar-refractivity contribution >= 4 is 45.6 Å². The molecule has 1 aromatic carbocycles. The number of amides is 1. The Kier molecular flexibility index (Phi) is 4.99. The first-order valence-corrected chi connectivity index (χ1v) is 7.41. The minimum atomic E-state index is -1.07. The number of nitrogens with one attached hydrogen (secondary N) is 1. The Morgan fingerprint density at radius 1 is 1.50 bits per heavy atom. The fraction of sp³-hybridized carbons (Fsp3) is 0.231. The molecule has 2 N–H and O–H groups in total. The van der Waals surface area contributed by atoms with Crippen molar-refractivity contribution in [2.75, 3.05) is 5.32 Å². The van der Waals surface area contributed by atoms with Crippen LogP contribution in [0.15, 0.2) is 24.4 Å². The van der Waals surface area contributed by atoms with Crippen molar-refractivity contribution in [2.45, 2.75) is 19.4 Å². The molecule has 0 bridgehead atoms. The topological polar surface area (TPSA) is 62.2 Å². The zero-order chi connectivity index (χ0) is 14.7. The summed E-state index contributed by atoms with van der Waals surface area (Å²) >= 11 is 13.4. The lowest BCUT2D eigenvalue weighted by molar-refractivity contribution is -0.123. The predicted molar refractivity (Wildman–Crippen MR) is 81.7 cm³/mol. The number of benzene rings is 1. The zero-order valence-corrected chi connectivity index (χ0v) is 12.9. The quantitative estimate of drug-likeness (QED) is 0.903. The Hall–Kier alpha value is -1.14. The summed E-state index contributed by atoms with van der Waals surface area (Å²) in [6.07, 6.45) is 1.19. The highest BCUT2D eigenvalue weighted by molar-refractivity contribution is 7.15. The van der Waals surface area contributed by atoms with Crippen LogP contribution >= 0.6 is 34.5 Å². The average Bonchev–Trinajstić information content (AvgIpc) is 2.82. The van der Waals surface area contributed by atoms with Crippen molar-refractivity contribution in [3.05, 3.63) is 44.9 Å². The van der Waals surface area contributed by atoms with E-state index in [2.05, 4.69) is 10.3 Å². The normalized spacial score (nSPS) is 12.2. The number of thiazole rings is 1. The fourth-order valence-electron chi connectivity index (χ4n) is 1.53. The van der Waals surface area contributed by atoms with Gasteiger partial charge in [0.05, 0.1) is 10.0 Å². The summed E-state index contributed by atoms with van der Waals surface area (Å²) in [5, 5.41) is 13.1. The fourth-order valence-corrected chi connectivity index (χ4v) is 2.75. The number of carbonyl (C=O) groups excluding carboxylic acids is 1. The van der Waals surface area contributed by atoms with Crippen LogP contribution in [0.4, 0.5) is 5.13 Å². The van der Waals surface area contributed by atoms with Gasteiger partial charge in [0, 0.05) is 17.5 Å². The van der Waals surface area contributed by atoms with Gasteiger partial charge < -0.3 is 5.11 Å². The van der Waals surface area contributed by atoms with Crippen molar-refractivity contribution in [2.24, 2.45) is 0 Å². The Bertz CT molecular complexity index is 629. The highest BCUT2D eigenvalue weighted by atomic mass is 35.5. The Balaban J connectivity index is 2.10. The van der Waals surface area contributed by atoms with Crippen molar-refractivity contribution in [1.29, 1.82) is 0 Å². The van der Waals surface area contributed by atoms with Gasteiger partial charge >= 0.3 is 0 Å². The molecule has 0 saturated carbocycles. The average molecular weight is 331 g/mol. The number of carbonyl (C=O) groups is 1. The summed E-state index contributed by atoms with van der Waals surface area (Å²) in [4.78, 5) is 16.4. The number of aromatic nitrogens is 1. The predicted octanol–water partition coefficient (Wildman–Crippen LogP) is 3.36. The molecule has 2 rings (SSSR count). The van der Waals surface area contributed by atoms with E-state index < -0.39 is 12.0 Å². The first-order chi connectivity index (χ1) is 9.47. The summed E-state index contributed by atoms with van der Waals surface area (Å²) < 4.78 is 0. The number of halogens is 2. The number of anilines is 1. The molecule has 4 nitrogen and oxygen atoms in total. The van der Waals surface area contributed by atoms with E-state index in [0.717, 1.165) is 10.4 Å². The second-order valence-electron chi connectivity index (χ2n) is 4.19. The lowest BCUT2D eigenvalue weighted by Crippen LogP contribution is -2.24. The smallest absolute Gasteiger partial charge is 0.254 e. The summed E-state index contributed by atoms with van der Waals surface area (Å²) in [6, 6.07) is 5.46. The van der Waals surface area contributed by atoms with E-state index >= 15 is 0 Å². The van der Waals surface area contributed by atoms with Crippen LogP contribution in [-0.4, -0.2) is 22.1 Å². The van der Waals surface area contributed by atoms with Gasteiger partial charge in [0.1, 0.15) is 6.10 Å². The molecule has 7 heteroatoms. The number of nitrogens with zero attached hydrogens (tertiary/aromatic N) is 1. The van der Waals surface area contributed by atoms with Gasteiger partial charge in [-0.15, -0.1) is 11.3 Å². The molecule has 0 radical (unpaired) electrons. The molecule has 1 atom stereocenters. The largest absolute Gasteiger partial charge is 0.384 e. The molecule has 1 unspecified atom stereocenters. The number of rotatable bonds is 4. The van der Waals surface area contributed by atoms with Crippen LogP contribution in [0, 0.1) is 0 Å². The molecule has 20 heavy (non-hydrogen) atoms. The SMILES string of the molecule is CC(O)C(=O)Nc1ncc(Cc2cccc(Cl)c2Cl)s1. The second kappa shape index (κ2) is 6.54. The molecule has 1 heterocycles. The number of aliphatic hydroxyl groups excluding tert-OH is 1. The van der Waals surface area contributed by atoms with Crippen LogP contribution in [0.2, 0.25) is 10.0 Å². The molecular formula is C13H12Cl2N2O2S. The van der Waals surface area contributed by atoms with Crippen LogP contribution in [0.5, 0.6) is 0 Å². The highest BCUT2D eigenvalue weighted by Gasteiger charge is 2.12. The van der Waals surface area contributed by atoms with E-state index in [-0.39, 0.29) is 0 Å². The van der Waals surface area contributed by atoms with E-state index in [1.165, 1.54) is 18.3 Å². The highest BCUT2D eigenvalue weighted by Crippen LogP contribution is 2.29. The summed E-state index contributed by atoms with van der Waals surface area (Å²) in [5.41, 5.74) is 0.899. The molecule has 106 valence electrons. The van der Waals surface area contributed by atoms with Crippen LogP contribution in [0.3, 0.4) is 0 Å². The molecule has 0 saturated heterocycles. The number of hydrogen-bond donors (Lipinski definition) is 2. The third kappa shape index (κ3) is 3.70. The van der Waals surface area contributed by atoms with E-state index in [9.17, 15) is 4.79 Å². The third-order valence-electron chi connectivity index (χ3n) is 2.56. The van der Waals surface area contributed by atoms with Gasteiger partial charge in [-0.05, 0) is 18.6 Å². The maximum atomic E-state index is 11.3. The van der Waals surface area contributed by atoms with E-state index in [1.807, 2.05) is 12.1 Å². The van der Waals surface area contributed by atoms with E-state index in [1.54, 1.807) is 12.3 Å². The first kappa shape index (κ1) is 15.3. The van der Waals surface area contributed by atoms with Crippen LogP contribution in [-0.2, 0) is 11.2 Å². The van der Waals surface area contributed by atoms with Crippen LogP contribution < -0.4 is 5.32 Å². The lowest BCUT2D eigenvalue weighted by Gasteiger charge is -2.04. The standard InChI is InChI=1S/C13H12Cl2N2O2S/c1-7(18)12(19)17-13-16-6-9(20-13)5-8-3-2-4-10(14)11(8)15/h2-4,6-7,18H,5H2,1H3,(H,16,17,19). The van der Waals surface area contributed by atoms with Crippen LogP contribution in [0.1, 0.15) is 17.4 Å². The van der Waals surface area contributed by atoms with Gasteiger partial charge in [-0.3, -0.25) is 10.1 Å². The Morgan fingerprint density at radius 2 is 2.25 bits per heavy atom. The number of aliphatic hydroxyl groups is 1. The molecule has 2 aromatic rings. The van der Waals surface area contributed by atoms with Gasteiger partial charge in [0.2, 0.25) is 0 Å². The summed E-state index contributed by atoms with van der Waals surface area (Å²) in [7, 11) is 0. The first-order valence-electron chi connectivity index (χ1n) is 5.84. The zero-order valence-electron chi connectivity index (χ0n) is 10.6. The monoisotopic (exact) mass is 330 g/mol. The Labute approximate surface area is 130 Å². The van der Waals surface area contributed by atoms with Crippen LogP contribution in [0.25, 0.3) is 0 Å². The minimum absolute atomic E-state index is 0.448. The molecule has 0 aliphatic carbocycles. The van der Waals surface area contributed by atoms with Gasteiger partial charge in [-0.1, -0.05) is 35.3 Å². The molecule has 0 spiro atoms. The molecule has 1 amide bonds. The summed E-state index contributed by atoms with van der Waals surface area (Å²) in [6.45, 7) is 1.40. The van der Waals surface area contributed by atoms with Gasteiger partial charge in [0.25, 0.3) is 5.91 Å². The maximum Gasteiger partial charge on any atom is 0.254 e. The maximum absolute atomic E-state index is 11.3. The minimum Gasteiger partial charge on any atom is -0.384 e. The van der Waals surface area contributed by atoms with E-state index in [4.69, 9.17) is 28.3 Å². The molecular weight excluding hydrogens is 319 g/mol. The van der Waals surface area contributed by atoms with Gasteiger partial charge in [-0.2, -0.15) is 0 Å². The summed E-state index contributed by atoms with van der Waals surface area (Å²) in [5.74, 6) is -0.480. The third-order valence-corrected chi connectivity index (χ3v) is 4.33. The molecule has 0 aliphatic rings. The molecule has 1 aromatic heterocycles. The van der Waals surface area contributed by atoms with E-state index in [0.29, 0.717) is 21.6 Å². The lowest BCUT2D eigenvalue weighted by atomic mass is 10.1. The second-order valence-corrected chi connectivity index (χ2v) is 6.09. The van der Waals surface area contributed by atoms with Gasteiger partial charge in [-0.25, -0.2) is 4.98 Å². The Morgan fingerprint density at radius 3 is 2.95 bits per heavy atom. The van der Waals surface area contributed by atoms with Crippen molar-refractivity contribution in [1.82, 2.24) is 4.98 Å². The molecule has 0 aliphatic heterocycles. The molecule has 0 fully saturated rings. The van der Waals surface area contributed by atoms with Gasteiger partial charge in [0.15, 0.2) is 5.13 Å². The van der Waals surface area contributed by atoms with Crippen molar-refractivity contribution in [3.63, 3.8) is 0 Å². The number of hydrogen-bond acceptors (Lipinski definition) is 4.